The molecule has 4 heterocycles. The first-order valence-electron chi connectivity index (χ1n) is 9.11. The van der Waals surface area contributed by atoms with E-state index >= 15 is 0 Å². The van der Waals surface area contributed by atoms with Crippen LogP contribution in [-0.2, 0) is 0 Å². The van der Waals surface area contributed by atoms with E-state index in [9.17, 15) is 4.39 Å². The Hall–Kier alpha value is -2.09. The molecule has 0 saturated carbocycles. The molecule has 1 aromatic carbocycles. The van der Waals surface area contributed by atoms with E-state index in [-0.39, 0.29) is 5.82 Å². The maximum atomic E-state index is 14.8. The molecule has 27 heavy (non-hydrogen) atoms. The molecule has 1 fully saturated rings. The fraction of sp³-hybridized carbons (Fsp3) is 0.300. The zero-order valence-electron chi connectivity index (χ0n) is 14.8. The van der Waals surface area contributed by atoms with Gasteiger partial charge in [0.2, 0.25) is 0 Å². The highest BCUT2D eigenvalue weighted by Gasteiger charge is 2.25. The van der Waals surface area contributed by atoms with Gasteiger partial charge in [-0.3, -0.25) is 0 Å². The van der Waals surface area contributed by atoms with Crippen molar-refractivity contribution in [2.24, 2.45) is 0 Å². The second-order valence-electron chi connectivity index (χ2n) is 6.97. The average Bonchev–Trinajstić information content (AvgIpc) is 3.32. The molecule has 1 saturated heterocycles. The number of rotatable bonds is 3. The number of fused-ring (bicyclic) bond motifs is 2. The van der Waals surface area contributed by atoms with Gasteiger partial charge >= 0.3 is 0 Å². The van der Waals surface area contributed by atoms with Crippen LogP contribution in [0.2, 0.25) is 0 Å². The van der Waals surface area contributed by atoms with Crippen LogP contribution in [-0.4, -0.2) is 22.6 Å². The van der Waals surface area contributed by atoms with E-state index in [4.69, 9.17) is 0 Å². The van der Waals surface area contributed by atoms with Crippen LogP contribution >= 0.6 is 22.7 Å². The first kappa shape index (κ1) is 17.0. The lowest BCUT2D eigenvalue weighted by molar-refractivity contribution is 0.375. The second kappa shape index (κ2) is 6.82. The van der Waals surface area contributed by atoms with Crippen molar-refractivity contribution in [2.75, 3.05) is 11.9 Å². The fourth-order valence-electron chi connectivity index (χ4n) is 3.82. The third-order valence-electron chi connectivity index (χ3n) is 5.29. The van der Waals surface area contributed by atoms with Crippen LogP contribution in [0.4, 0.5) is 15.8 Å². The van der Waals surface area contributed by atoms with Crippen LogP contribution in [0.1, 0.15) is 30.6 Å². The summed E-state index contributed by atoms with van der Waals surface area (Å²) >= 11 is 3.19. The van der Waals surface area contributed by atoms with E-state index in [1.54, 1.807) is 29.1 Å². The molecule has 0 spiro atoms. The molecule has 0 amide bonds. The summed E-state index contributed by atoms with van der Waals surface area (Å²) in [6, 6.07) is 8.29. The maximum Gasteiger partial charge on any atom is 0.173 e. The Labute approximate surface area is 164 Å². The van der Waals surface area contributed by atoms with Crippen molar-refractivity contribution in [1.82, 2.24) is 15.3 Å². The Morgan fingerprint density at radius 3 is 3.04 bits per heavy atom. The third-order valence-corrected chi connectivity index (χ3v) is 7.26. The zero-order valence-corrected chi connectivity index (χ0v) is 16.5. The highest BCUT2D eigenvalue weighted by Crippen LogP contribution is 2.39. The number of benzene rings is 1. The zero-order chi connectivity index (χ0) is 18.4. The SMILES string of the molecule is C[C@@H]1NCCC[C@@H]1c1cc2c(Nc3ccc4scnc4c3F)ccnc2s1. The molecule has 1 aliphatic rings. The number of anilines is 2. The van der Waals surface area contributed by atoms with Crippen molar-refractivity contribution in [2.45, 2.75) is 31.7 Å². The summed E-state index contributed by atoms with van der Waals surface area (Å²) in [5.74, 6) is 0.202. The molecule has 7 heteroatoms. The normalized spacial score (nSPS) is 20.4. The van der Waals surface area contributed by atoms with E-state index in [1.807, 2.05) is 12.1 Å². The predicted octanol–water partition coefficient (Wildman–Crippen LogP) is 5.64. The van der Waals surface area contributed by atoms with Gasteiger partial charge in [-0.1, -0.05) is 0 Å². The van der Waals surface area contributed by atoms with E-state index in [0.717, 1.165) is 27.1 Å². The van der Waals surface area contributed by atoms with Crippen molar-refractivity contribution in [1.29, 1.82) is 0 Å². The largest absolute Gasteiger partial charge is 0.352 e. The molecule has 0 radical (unpaired) electrons. The standard InChI is InChI=1S/C20H19FN4S2/c1-11-12(3-2-7-22-11)17-9-13-14(6-8-23-20(13)27-17)25-15-4-5-16-19(18(15)21)24-10-26-16/h4-6,8-12,22H,2-3,7H2,1H3,(H,23,25)/t11-,12-/m0/s1. The lowest BCUT2D eigenvalue weighted by Crippen LogP contribution is -2.37. The highest BCUT2D eigenvalue weighted by molar-refractivity contribution is 7.18. The number of nitrogens with zero attached hydrogens (tertiary/aromatic N) is 2. The van der Waals surface area contributed by atoms with E-state index in [2.05, 4.69) is 33.6 Å². The van der Waals surface area contributed by atoms with Gasteiger partial charge in [0, 0.05) is 28.4 Å². The summed E-state index contributed by atoms with van der Waals surface area (Å²) in [6.45, 7) is 3.34. The Bertz CT molecular complexity index is 1120. The highest BCUT2D eigenvalue weighted by atomic mass is 32.1. The molecule has 3 aromatic heterocycles. The van der Waals surface area contributed by atoms with Gasteiger partial charge in [0.05, 0.1) is 21.6 Å². The number of piperidine rings is 1. The van der Waals surface area contributed by atoms with Gasteiger partial charge in [-0.05, 0) is 50.6 Å². The van der Waals surface area contributed by atoms with Gasteiger partial charge in [-0.25, -0.2) is 14.4 Å². The topological polar surface area (TPSA) is 49.8 Å². The Morgan fingerprint density at radius 2 is 2.15 bits per heavy atom. The van der Waals surface area contributed by atoms with E-state index in [1.165, 1.54) is 29.1 Å². The Morgan fingerprint density at radius 1 is 1.22 bits per heavy atom. The minimum Gasteiger partial charge on any atom is -0.352 e. The van der Waals surface area contributed by atoms with Crippen LogP contribution in [0.3, 0.4) is 0 Å². The molecule has 0 unspecified atom stereocenters. The molecule has 0 aliphatic carbocycles. The summed E-state index contributed by atoms with van der Waals surface area (Å²) in [5.41, 5.74) is 3.42. The summed E-state index contributed by atoms with van der Waals surface area (Å²) in [6.07, 6.45) is 4.17. The summed E-state index contributed by atoms with van der Waals surface area (Å²) < 4.78 is 15.7. The van der Waals surface area contributed by atoms with Gasteiger partial charge in [-0.2, -0.15) is 0 Å². The summed E-state index contributed by atoms with van der Waals surface area (Å²) in [7, 11) is 0. The molecule has 4 aromatic rings. The van der Waals surface area contributed by atoms with Gasteiger partial charge in [-0.15, -0.1) is 22.7 Å². The molecule has 4 nitrogen and oxygen atoms in total. The monoisotopic (exact) mass is 398 g/mol. The van der Waals surface area contributed by atoms with Crippen LogP contribution in [0.25, 0.3) is 20.4 Å². The maximum absolute atomic E-state index is 14.8. The fourth-order valence-corrected chi connectivity index (χ4v) is 5.76. The Kier molecular flexibility index (Phi) is 4.30. The third kappa shape index (κ3) is 2.99. The van der Waals surface area contributed by atoms with Crippen LogP contribution in [0.5, 0.6) is 0 Å². The molecule has 2 atom stereocenters. The Balaban J connectivity index is 1.53. The number of aromatic nitrogens is 2. The van der Waals surface area contributed by atoms with Crippen molar-refractivity contribution in [3.63, 3.8) is 0 Å². The van der Waals surface area contributed by atoms with Crippen molar-refractivity contribution >= 4 is 54.5 Å². The average molecular weight is 399 g/mol. The minimum absolute atomic E-state index is 0.306. The van der Waals surface area contributed by atoms with Crippen molar-refractivity contribution in [3.05, 3.63) is 46.7 Å². The van der Waals surface area contributed by atoms with Gasteiger partial charge in [0.25, 0.3) is 0 Å². The van der Waals surface area contributed by atoms with Gasteiger partial charge in [0.15, 0.2) is 5.82 Å². The second-order valence-corrected chi connectivity index (χ2v) is 8.92. The van der Waals surface area contributed by atoms with Crippen LogP contribution in [0, 0.1) is 5.82 Å². The molecule has 5 rings (SSSR count). The smallest absolute Gasteiger partial charge is 0.173 e. The first-order chi connectivity index (χ1) is 13.2. The number of pyridine rings is 1. The first-order valence-corrected chi connectivity index (χ1v) is 10.8. The van der Waals surface area contributed by atoms with E-state index in [0.29, 0.717) is 23.2 Å². The molecule has 0 bridgehead atoms. The lowest BCUT2D eigenvalue weighted by Gasteiger charge is -2.29. The minimum atomic E-state index is -0.306. The molecular formula is C20H19FN4S2. The molecule has 1 aliphatic heterocycles. The number of hydrogen-bond acceptors (Lipinski definition) is 6. The van der Waals surface area contributed by atoms with Crippen LogP contribution in [0.15, 0.2) is 36.0 Å². The summed E-state index contributed by atoms with van der Waals surface area (Å²) in [4.78, 5) is 11.0. The van der Waals surface area contributed by atoms with Crippen molar-refractivity contribution in [3.8, 4) is 0 Å². The van der Waals surface area contributed by atoms with Gasteiger partial charge < -0.3 is 10.6 Å². The number of hydrogen-bond donors (Lipinski definition) is 2. The number of nitrogens with one attached hydrogen (secondary N) is 2. The van der Waals surface area contributed by atoms with E-state index < -0.39 is 0 Å². The number of thiophene rings is 1. The molecule has 138 valence electrons. The quantitative estimate of drug-likeness (QED) is 0.469. The number of thiazole rings is 1. The molecule has 2 N–H and O–H groups in total. The van der Waals surface area contributed by atoms with Crippen LogP contribution < -0.4 is 10.6 Å². The van der Waals surface area contributed by atoms with Crippen molar-refractivity contribution < 1.29 is 4.39 Å². The number of halogens is 1. The lowest BCUT2D eigenvalue weighted by atomic mass is 9.90. The predicted molar refractivity (Wildman–Crippen MR) is 112 cm³/mol. The van der Waals surface area contributed by atoms with Gasteiger partial charge in [0.1, 0.15) is 10.3 Å². The summed E-state index contributed by atoms with van der Waals surface area (Å²) in [5, 5.41) is 7.88. The molecular weight excluding hydrogens is 379 g/mol.